The molecule has 0 bridgehead atoms. The predicted molar refractivity (Wildman–Crippen MR) is 73.4 cm³/mol. The second kappa shape index (κ2) is 5.11. The van der Waals surface area contributed by atoms with Crippen molar-refractivity contribution in [2.45, 2.75) is 25.3 Å². The van der Waals surface area contributed by atoms with Crippen molar-refractivity contribution in [3.63, 3.8) is 0 Å². The van der Waals surface area contributed by atoms with Gasteiger partial charge in [-0.05, 0) is 32.9 Å². The lowest BCUT2D eigenvalue weighted by molar-refractivity contribution is 0.0656. The Labute approximate surface area is 117 Å². The molecule has 0 radical (unpaired) electrons. The van der Waals surface area contributed by atoms with Crippen molar-refractivity contribution in [2.24, 2.45) is 0 Å². The minimum Gasteiger partial charge on any atom is -0.340 e. The van der Waals surface area contributed by atoms with Gasteiger partial charge in [0.15, 0.2) is 0 Å². The average molecular weight is 290 g/mol. The first kappa shape index (κ1) is 13.7. The summed E-state index contributed by atoms with van der Waals surface area (Å²) >= 11 is 11.6. The zero-order valence-corrected chi connectivity index (χ0v) is 12.0. The Morgan fingerprint density at radius 2 is 2.06 bits per heavy atom. The number of nitrogens with one attached hydrogen (secondary N) is 2. The molecule has 1 saturated heterocycles. The van der Waals surface area contributed by atoms with Gasteiger partial charge in [-0.3, -0.25) is 4.79 Å². The molecule has 0 aromatic carbocycles. The van der Waals surface area contributed by atoms with E-state index >= 15 is 0 Å². The maximum atomic E-state index is 12.2. The van der Waals surface area contributed by atoms with Gasteiger partial charge in [-0.1, -0.05) is 23.2 Å². The number of halogens is 2. The van der Waals surface area contributed by atoms with E-state index < -0.39 is 0 Å². The summed E-state index contributed by atoms with van der Waals surface area (Å²) in [7, 11) is 1.96. The quantitative estimate of drug-likeness (QED) is 0.879. The fourth-order valence-corrected chi connectivity index (χ4v) is 2.46. The first-order chi connectivity index (χ1) is 8.45. The fourth-order valence-electron chi connectivity index (χ4n) is 2.14. The number of hydrogen-bond acceptors (Lipinski definition) is 2. The smallest absolute Gasteiger partial charge is 0.270 e. The third kappa shape index (κ3) is 2.66. The SMILES string of the molecule is CNC1(C)CCN(C(=O)c2cc(Cl)c(Cl)[nH]2)CC1. The number of hydrogen-bond donors (Lipinski definition) is 2. The number of likely N-dealkylation sites (tertiary alicyclic amines) is 1. The number of nitrogens with zero attached hydrogens (tertiary/aromatic N) is 1. The molecule has 2 N–H and O–H groups in total. The number of H-pyrrole nitrogens is 1. The molecule has 1 aliphatic heterocycles. The molecule has 1 aromatic rings. The number of aromatic nitrogens is 1. The molecule has 2 rings (SSSR count). The van der Waals surface area contributed by atoms with Crippen LogP contribution in [0.4, 0.5) is 0 Å². The normalized spacial score (nSPS) is 19.0. The largest absolute Gasteiger partial charge is 0.340 e. The van der Waals surface area contributed by atoms with Crippen LogP contribution in [0.25, 0.3) is 0 Å². The van der Waals surface area contributed by atoms with E-state index in [1.807, 2.05) is 11.9 Å². The van der Waals surface area contributed by atoms with Gasteiger partial charge in [-0.2, -0.15) is 0 Å². The molecule has 0 atom stereocenters. The number of piperidine rings is 1. The zero-order valence-electron chi connectivity index (χ0n) is 10.5. The van der Waals surface area contributed by atoms with Gasteiger partial charge >= 0.3 is 0 Å². The van der Waals surface area contributed by atoms with E-state index in [2.05, 4.69) is 17.2 Å². The van der Waals surface area contributed by atoms with Crippen LogP contribution in [-0.2, 0) is 0 Å². The van der Waals surface area contributed by atoms with E-state index in [0.717, 1.165) is 25.9 Å². The van der Waals surface area contributed by atoms with E-state index in [4.69, 9.17) is 23.2 Å². The highest BCUT2D eigenvalue weighted by molar-refractivity contribution is 6.41. The topological polar surface area (TPSA) is 48.1 Å². The standard InChI is InChI=1S/C12H17Cl2N3O/c1-12(15-2)3-5-17(6-4-12)11(18)9-7-8(13)10(14)16-9/h7,15-16H,3-6H2,1-2H3. The Morgan fingerprint density at radius 1 is 1.44 bits per heavy atom. The molecule has 100 valence electrons. The van der Waals surface area contributed by atoms with Crippen molar-refractivity contribution in [3.8, 4) is 0 Å². The first-order valence-electron chi connectivity index (χ1n) is 5.97. The van der Waals surface area contributed by atoms with Crippen LogP contribution in [-0.4, -0.2) is 41.5 Å². The van der Waals surface area contributed by atoms with Gasteiger partial charge in [0.2, 0.25) is 0 Å². The molecule has 0 unspecified atom stereocenters. The molecular weight excluding hydrogens is 273 g/mol. The van der Waals surface area contributed by atoms with Gasteiger partial charge in [-0.15, -0.1) is 0 Å². The molecule has 6 heteroatoms. The molecule has 1 fully saturated rings. The summed E-state index contributed by atoms with van der Waals surface area (Å²) in [6.45, 7) is 3.66. The average Bonchev–Trinajstić information content (AvgIpc) is 2.70. The third-order valence-corrected chi connectivity index (χ3v) is 4.41. The van der Waals surface area contributed by atoms with Crippen LogP contribution in [0.2, 0.25) is 10.2 Å². The van der Waals surface area contributed by atoms with Crippen LogP contribution in [0, 0.1) is 0 Å². The predicted octanol–water partition coefficient (Wildman–Crippen LogP) is 2.54. The Kier molecular flexibility index (Phi) is 3.90. The Balaban J connectivity index is 2.04. The van der Waals surface area contributed by atoms with Crippen molar-refractivity contribution in [1.29, 1.82) is 0 Å². The van der Waals surface area contributed by atoms with Crippen molar-refractivity contribution in [3.05, 3.63) is 21.9 Å². The molecule has 0 spiro atoms. The summed E-state index contributed by atoms with van der Waals surface area (Å²) < 4.78 is 0. The lowest BCUT2D eigenvalue weighted by Crippen LogP contribution is -2.51. The summed E-state index contributed by atoms with van der Waals surface area (Å²) in [4.78, 5) is 16.9. The number of carbonyl (C=O) groups excluding carboxylic acids is 1. The summed E-state index contributed by atoms with van der Waals surface area (Å²) in [6.07, 6.45) is 1.88. The van der Waals surface area contributed by atoms with Gasteiger partial charge in [0.1, 0.15) is 10.8 Å². The molecule has 18 heavy (non-hydrogen) atoms. The van der Waals surface area contributed by atoms with Crippen molar-refractivity contribution >= 4 is 29.1 Å². The maximum absolute atomic E-state index is 12.2. The minimum atomic E-state index is -0.0399. The van der Waals surface area contributed by atoms with Gasteiger partial charge in [0.25, 0.3) is 5.91 Å². The van der Waals surface area contributed by atoms with Crippen LogP contribution in [0.3, 0.4) is 0 Å². The van der Waals surface area contributed by atoms with Crippen LogP contribution in [0.1, 0.15) is 30.3 Å². The summed E-state index contributed by atoms with van der Waals surface area (Å²) in [6, 6.07) is 1.58. The van der Waals surface area contributed by atoms with Crippen molar-refractivity contribution < 1.29 is 4.79 Å². The highest BCUT2D eigenvalue weighted by Crippen LogP contribution is 2.25. The van der Waals surface area contributed by atoms with Gasteiger partial charge < -0.3 is 15.2 Å². The highest BCUT2D eigenvalue weighted by atomic mass is 35.5. The highest BCUT2D eigenvalue weighted by Gasteiger charge is 2.31. The van der Waals surface area contributed by atoms with E-state index in [0.29, 0.717) is 15.9 Å². The third-order valence-electron chi connectivity index (χ3n) is 3.71. The Hall–Kier alpha value is -0.710. The molecule has 0 aliphatic carbocycles. The van der Waals surface area contributed by atoms with Crippen LogP contribution in [0.15, 0.2) is 6.07 Å². The molecule has 1 aliphatic rings. The second-order valence-corrected chi connectivity index (χ2v) is 5.73. The van der Waals surface area contributed by atoms with E-state index in [1.54, 1.807) is 6.07 Å². The number of rotatable bonds is 2. The Bertz CT molecular complexity index is 431. The molecule has 4 nitrogen and oxygen atoms in total. The number of amides is 1. The monoisotopic (exact) mass is 289 g/mol. The summed E-state index contributed by atoms with van der Waals surface area (Å²) in [5.74, 6) is -0.0399. The molecule has 2 heterocycles. The fraction of sp³-hybridized carbons (Fsp3) is 0.583. The van der Waals surface area contributed by atoms with Crippen LogP contribution < -0.4 is 5.32 Å². The summed E-state index contributed by atoms with van der Waals surface area (Å²) in [5.41, 5.74) is 0.583. The van der Waals surface area contributed by atoms with Crippen molar-refractivity contribution in [2.75, 3.05) is 20.1 Å². The first-order valence-corrected chi connectivity index (χ1v) is 6.73. The summed E-state index contributed by atoms with van der Waals surface area (Å²) in [5, 5.41) is 4.01. The Morgan fingerprint density at radius 3 is 2.50 bits per heavy atom. The van der Waals surface area contributed by atoms with E-state index in [9.17, 15) is 4.79 Å². The van der Waals surface area contributed by atoms with Gasteiger partial charge in [-0.25, -0.2) is 0 Å². The van der Waals surface area contributed by atoms with Gasteiger partial charge in [0.05, 0.1) is 5.02 Å². The second-order valence-electron chi connectivity index (χ2n) is 4.95. The van der Waals surface area contributed by atoms with Crippen LogP contribution >= 0.6 is 23.2 Å². The molecular formula is C12H17Cl2N3O. The molecule has 1 aromatic heterocycles. The van der Waals surface area contributed by atoms with Gasteiger partial charge in [0, 0.05) is 18.6 Å². The number of aromatic amines is 1. The lowest BCUT2D eigenvalue weighted by Gasteiger charge is -2.39. The van der Waals surface area contributed by atoms with Crippen molar-refractivity contribution in [1.82, 2.24) is 15.2 Å². The minimum absolute atomic E-state index is 0.0399. The molecule has 0 saturated carbocycles. The lowest BCUT2D eigenvalue weighted by atomic mass is 9.90. The maximum Gasteiger partial charge on any atom is 0.270 e. The zero-order chi connectivity index (χ0) is 13.3. The molecule has 1 amide bonds. The number of carbonyl (C=O) groups is 1. The van der Waals surface area contributed by atoms with E-state index in [-0.39, 0.29) is 11.4 Å². The van der Waals surface area contributed by atoms with E-state index in [1.165, 1.54) is 0 Å². The van der Waals surface area contributed by atoms with Crippen LogP contribution in [0.5, 0.6) is 0 Å².